The van der Waals surface area contributed by atoms with E-state index < -0.39 is 0 Å². The summed E-state index contributed by atoms with van der Waals surface area (Å²) in [5, 5.41) is 9.55. The van der Waals surface area contributed by atoms with Crippen molar-refractivity contribution >= 4 is 5.82 Å². The quantitative estimate of drug-likeness (QED) is 0.529. The molecule has 0 spiro atoms. The second-order valence-electron chi connectivity index (χ2n) is 4.89. The van der Waals surface area contributed by atoms with Crippen molar-refractivity contribution in [3.8, 4) is 0 Å². The molecule has 0 aromatic carbocycles. The first kappa shape index (κ1) is 13.2. The lowest BCUT2D eigenvalue weighted by Crippen LogP contribution is -2.36. The summed E-state index contributed by atoms with van der Waals surface area (Å²) in [6.07, 6.45) is 5.29. The van der Waals surface area contributed by atoms with Gasteiger partial charge in [0.15, 0.2) is 5.82 Å². The molecule has 2 heterocycles. The fourth-order valence-electron chi connectivity index (χ4n) is 2.33. The standard InChI is InChI=1S/C12H21N5O/c1-9(18)10-2-4-17(5-3-10)8-11-6-15-12(16-13)7-14-11/h6-7,9-10,18H,2-5,8,13H2,1H3,(H,15,16). The molecule has 1 aliphatic heterocycles. The van der Waals surface area contributed by atoms with Crippen LogP contribution in [-0.4, -0.2) is 39.2 Å². The molecule has 0 bridgehead atoms. The molecule has 0 saturated carbocycles. The maximum Gasteiger partial charge on any atom is 0.158 e. The second kappa shape index (κ2) is 6.08. The van der Waals surface area contributed by atoms with Crippen molar-refractivity contribution in [1.82, 2.24) is 14.9 Å². The molecule has 1 saturated heterocycles. The number of aliphatic hydroxyl groups is 1. The maximum atomic E-state index is 9.55. The minimum absolute atomic E-state index is 0.193. The van der Waals surface area contributed by atoms with Crippen LogP contribution in [0.2, 0.25) is 0 Å². The number of hydrogen-bond acceptors (Lipinski definition) is 6. The number of nitrogens with two attached hydrogens (primary N) is 1. The van der Waals surface area contributed by atoms with Crippen LogP contribution in [0.5, 0.6) is 0 Å². The van der Waals surface area contributed by atoms with Gasteiger partial charge in [0.1, 0.15) is 0 Å². The van der Waals surface area contributed by atoms with E-state index in [0.29, 0.717) is 11.7 Å². The van der Waals surface area contributed by atoms with Crippen molar-refractivity contribution < 1.29 is 5.11 Å². The summed E-state index contributed by atoms with van der Waals surface area (Å²) in [6.45, 7) is 4.71. The van der Waals surface area contributed by atoms with Gasteiger partial charge in [0, 0.05) is 6.54 Å². The Labute approximate surface area is 107 Å². The number of rotatable bonds is 4. The van der Waals surface area contributed by atoms with E-state index in [-0.39, 0.29) is 6.10 Å². The molecule has 1 unspecified atom stereocenters. The number of piperidine rings is 1. The summed E-state index contributed by atoms with van der Waals surface area (Å²) in [6, 6.07) is 0. The van der Waals surface area contributed by atoms with Crippen molar-refractivity contribution in [2.45, 2.75) is 32.4 Å². The molecule has 1 atom stereocenters. The molecule has 0 radical (unpaired) electrons. The number of nitrogens with zero attached hydrogens (tertiary/aromatic N) is 3. The van der Waals surface area contributed by atoms with Gasteiger partial charge in [-0.1, -0.05) is 0 Å². The molecule has 1 aliphatic rings. The molecule has 6 nitrogen and oxygen atoms in total. The van der Waals surface area contributed by atoms with Gasteiger partial charge in [-0.05, 0) is 38.8 Å². The number of hydrazine groups is 1. The largest absolute Gasteiger partial charge is 0.393 e. The molecule has 2 rings (SSSR count). The Hall–Kier alpha value is -1.24. The van der Waals surface area contributed by atoms with Gasteiger partial charge in [0.2, 0.25) is 0 Å². The SMILES string of the molecule is CC(O)C1CCN(Cc2cnc(NN)cn2)CC1. The maximum absolute atomic E-state index is 9.55. The zero-order chi connectivity index (χ0) is 13.0. The van der Waals surface area contributed by atoms with Crippen molar-refractivity contribution in [3.05, 3.63) is 18.1 Å². The highest BCUT2D eigenvalue weighted by Gasteiger charge is 2.22. The van der Waals surface area contributed by atoms with Gasteiger partial charge < -0.3 is 10.5 Å². The first-order valence-electron chi connectivity index (χ1n) is 6.37. The number of likely N-dealkylation sites (tertiary alicyclic amines) is 1. The fourth-order valence-corrected chi connectivity index (χ4v) is 2.33. The normalized spacial score (nSPS) is 19.7. The third-order valence-electron chi connectivity index (χ3n) is 3.55. The highest BCUT2D eigenvalue weighted by Crippen LogP contribution is 2.21. The highest BCUT2D eigenvalue weighted by molar-refractivity contribution is 5.28. The van der Waals surface area contributed by atoms with Crippen LogP contribution in [0.15, 0.2) is 12.4 Å². The summed E-state index contributed by atoms with van der Waals surface area (Å²) in [7, 11) is 0. The van der Waals surface area contributed by atoms with E-state index >= 15 is 0 Å². The van der Waals surface area contributed by atoms with Crippen LogP contribution in [0.25, 0.3) is 0 Å². The number of aromatic nitrogens is 2. The molecule has 1 aromatic rings. The molecule has 1 aromatic heterocycles. The van der Waals surface area contributed by atoms with E-state index in [0.717, 1.165) is 38.2 Å². The first-order valence-corrected chi connectivity index (χ1v) is 6.37. The highest BCUT2D eigenvalue weighted by atomic mass is 16.3. The Kier molecular flexibility index (Phi) is 4.46. The number of nitrogen functional groups attached to an aromatic ring is 1. The van der Waals surface area contributed by atoms with Crippen LogP contribution in [-0.2, 0) is 6.54 Å². The summed E-state index contributed by atoms with van der Waals surface area (Å²) in [5.41, 5.74) is 3.41. The Morgan fingerprint density at radius 3 is 2.67 bits per heavy atom. The van der Waals surface area contributed by atoms with E-state index in [4.69, 9.17) is 5.84 Å². The Morgan fingerprint density at radius 1 is 1.44 bits per heavy atom. The summed E-state index contributed by atoms with van der Waals surface area (Å²) in [5.74, 6) is 6.26. The lowest BCUT2D eigenvalue weighted by atomic mass is 9.92. The molecule has 100 valence electrons. The minimum Gasteiger partial charge on any atom is -0.393 e. The predicted octanol–water partition coefficient (Wildman–Crippen LogP) is 0.355. The number of nitrogens with one attached hydrogen (secondary N) is 1. The molecule has 1 fully saturated rings. The van der Waals surface area contributed by atoms with Crippen molar-refractivity contribution in [2.24, 2.45) is 11.8 Å². The molecule has 4 N–H and O–H groups in total. The molecule has 0 amide bonds. The van der Waals surface area contributed by atoms with Gasteiger partial charge in [-0.2, -0.15) is 0 Å². The average molecular weight is 251 g/mol. The molecule has 18 heavy (non-hydrogen) atoms. The van der Waals surface area contributed by atoms with Crippen LogP contribution in [0.3, 0.4) is 0 Å². The topological polar surface area (TPSA) is 87.3 Å². The third-order valence-corrected chi connectivity index (χ3v) is 3.55. The summed E-state index contributed by atoms with van der Waals surface area (Å²) < 4.78 is 0. The van der Waals surface area contributed by atoms with Crippen LogP contribution in [0.4, 0.5) is 5.82 Å². The van der Waals surface area contributed by atoms with Gasteiger partial charge in [-0.25, -0.2) is 10.8 Å². The van der Waals surface area contributed by atoms with Gasteiger partial charge >= 0.3 is 0 Å². The van der Waals surface area contributed by atoms with Crippen molar-refractivity contribution in [3.63, 3.8) is 0 Å². The van der Waals surface area contributed by atoms with E-state index in [1.165, 1.54) is 0 Å². The second-order valence-corrected chi connectivity index (χ2v) is 4.89. The number of aliphatic hydroxyl groups excluding tert-OH is 1. The van der Waals surface area contributed by atoms with E-state index in [2.05, 4.69) is 20.3 Å². The van der Waals surface area contributed by atoms with Crippen LogP contribution in [0.1, 0.15) is 25.5 Å². The average Bonchev–Trinajstić information content (AvgIpc) is 2.40. The van der Waals surface area contributed by atoms with Gasteiger partial charge in [0.25, 0.3) is 0 Å². The molecular weight excluding hydrogens is 230 g/mol. The number of hydrogen-bond donors (Lipinski definition) is 3. The van der Waals surface area contributed by atoms with Gasteiger partial charge in [-0.15, -0.1) is 0 Å². The first-order chi connectivity index (χ1) is 8.69. The predicted molar refractivity (Wildman–Crippen MR) is 69.5 cm³/mol. The van der Waals surface area contributed by atoms with E-state index in [1.54, 1.807) is 12.4 Å². The summed E-state index contributed by atoms with van der Waals surface area (Å²) in [4.78, 5) is 10.8. The monoisotopic (exact) mass is 251 g/mol. The van der Waals surface area contributed by atoms with Crippen molar-refractivity contribution in [1.29, 1.82) is 0 Å². The minimum atomic E-state index is -0.193. The van der Waals surface area contributed by atoms with Crippen LogP contribution in [0, 0.1) is 5.92 Å². The molecule has 0 aliphatic carbocycles. The zero-order valence-electron chi connectivity index (χ0n) is 10.7. The summed E-state index contributed by atoms with van der Waals surface area (Å²) >= 11 is 0. The Morgan fingerprint density at radius 2 is 2.17 bits per heavy atom. The van der Waals surface area contributed by atoms with Crippen LogP contribution >= 0.6 is 0 Å². The Balaban J connectivity index is 1.83. The smallest absolute Gasteiger partial charge is 0.158 e. The van der Waals surface area contributed by atoms with Gasteiger partial charge in [-0.3, -0.25) is 9.88 Å². The zero-order valence-corrected chi connectivity index (χ0v) is 10.7. The lowest BCUT2D eigenvalue weighted by molar-refractivity contribution is 0.0691. The number of anilines is 1. The lowest BCUT2D eigenvalue weighted by Gasteiger charge is -2.32. The van der Waals surface area contributed by atoms with E-state index in [9.17, 15) is 5.11 Å². The van der Waals surface area contributed by atoms with Crippen molar-refractivity contribution in [2.75, 3.05) is 18.5 Å². The Bertz CT molecular complexity index is 359. The van der Waals surface area contributed by atoms with Crippen LogP contribution < -0.4 is 11.3 Å². The third kappa shape index (κ3) is 3.38. The molecule has 6 heteroatoms. The van der Waals surface area contributed by atoms with Gasteiger partial charge in [0.05, 0.1) is 24.2 Å². The fraction of sp³-hybridized carbons (Fsp3) is 0.667. The molecular formula is C12H21N5O. The van der Waals surface area contributed by atoms with E-state index in [1.807, 2.05) is 6.92 Å².